The number of aromatic nitrogens is 1. The summed E-state index contributed by atoms with van der Waals surface area (Å²) in [7, 11) is 1.59. The van der Waals surface area contributed by atoms with E-state index >= 15 is 0 Å². The number of hydrogen-bond donors (Lipinski definition) is 1. The Balaban J connectivity index is 1.71. The lowest BCUT2D eigenvalue weighted by Crippen LogP contribution is -2.13. The smallest absolute Gasteiger partial charge is 0.266 e. The number of rotatable bonds is 5. The Bertz CT molecular complexity index is 806. The summed E-state index contributed by atoms with van der Waals surface area (Å²) in [6.45, 7) is 0. The number of anilines is 1. The van der Waals surface area contributed by atoms with E-state index in [1.807, 2.05) is 24.5 Å². The standard InChI is InChI=1S/C20H21N3O2/c1-25-19-8-6-17(7-9-19)22-20(24)16(13-21)12-15-10-11-23(14-15)18-4-2-3-5-18/h6-12,14,18H,2-5H2,1H3,(H,22,24)/b16-12+. The third-order valence-corrected chi connectivity index (χ3v) is 4.51. The van der Waals surface area contributed by atoms with Gasteiger partial charge in [-0.15, -0.1) is 0 Å². The third kappa shape index (κ3) is 4.10. The van der Waals surface area contributed by atoms with Crippen molar-refractivity contribution in [3.63, 3.8) is 0 Å². The van der Waals surface area contributed by atoms with Crippen LogP contribution in [0.15, 0.2) is 48.3 Å². The van der Waals surface area contributed by atoms with Crippen LogP contribution in [-0.2, 0) is 4.79 Å². The molecular formula is C20H21N3O2. The van der Waals surface area contributed by atoms with Crippen molar-refractivity contribution >= 4 is 17.7 Å². The number of carbonyl (C=O) groups is 1. The number of carbonyl (C=O) groups excluding carboxylic acids is 1. The molecule has 3 rings (SSSR count). The van der Waals surface area contributed by atoms with Crippen LogP contribution in [0.2, 0.25) is 0 Å². The van der Waals surface area contributed by atoms with Gasteiger partial charge in [-0.3, -0.25) is 4.79 Å². The van der Waals surface area contributed by atoms with Crippen molar-refractivity contribution in [3.05, 3.63) is 53.9 Å². The Morgan fingerprint density at radius 2 is 2.00 bits per heavy atom. The molecule has 1 aliphatic rings. The lowest BCUT2D eigenvalue weighted by Gasteiger charge is -2.10. The molecule has 0 radical (unpaired) electrons. The highest BCUT2D eigenvalue weighted by atomic mass is 16.5. The van der Waals surface area contributed by atoms with Crippen LogP contribution < -0.4 is 10.1 Å². The number of nitriles is 1. The fourth-order valence-electron chi connectivity index (χ4n) is 3.13. The zero-order valence-corrected chi connectivity index (χ0v) is 14.2. The molecule has 1 amide bonds. The van der Waals surface area contributed by atoms with Crippen LogP contribution in [0.3, 0.4) is 0 Å². The molecule has 128 valence electrons. The van der Waals surface area contributed by atoms with E-state index in [4.69, 9.17) is 4.74 Å². The molecule has 1 heterocycles. The Hall–Kier alpha value is -3.00. The average Bonchev–Trinajstić information content (AvgIpc) is 3.31. The van der Waals surface area contributed by atoms with Crippen LogP contribution in [0.4, 0.5) is 5.69 Å². The molecule has 1 aliphatic carbocycles. The number of nitrogens with zero attached hydrogens (tertiary/aromatic N) is 2. The predicted octanol–water partition coefficient (Wildman–Crippen LogP) is 4.16. The Labute approximate surface area is 147 Å². The zero-order valence-electron chi connectivity index (χ0n) is 14.2. The quantitative estimate of drug-likeness (QED) is 0.659. The summed E-state index contributed by atoms with van der Waals surface area (Å²) in [6, 6.07) is 11.5. The first-order chi connectivity index (χ1) is 12.2. The first kappa shape index (κ1) is 16.8. The van der Waals surface area contributed by atoms with Crippen LogP contribution in [0.25, 0.3) is 6.08 Å². The van der Waals surface area contributed by atoms with E-state index in [0.717, 1.165) is 5.56 Å². The first-order valence-electron chi connectivity index (χ1n) is 8.44. The summed E-state index contributed by atoms with van der Waals surface area (Å²) in [6.07, 6.45) is 10.6. The fourth-order valence-corrected chi connectivity index (χ4v) is 3.13. The first-order valence-corrected chi connectivity index (χ1v) is 8.44. The number of hydrogen-bond acceptors (Lipinski definition) is 3. The molecule has 1 fully saturated rings. The summed E-state index contributed by atoms with van der Waals surface area (Å²) >= 11 is 0. The van der Waals surface area contributed by atoms with E-state index in [1.165, 1.54) is 25.7 Å². The van der Waals surface area contributed by atoms with Crippen molar-refractivity contribution < 1.29 is 9.53 Å². The summed E-state index contributed by atoms with van der Waals surface area (Å²) in [5.74, 6) is 0.295. The summed E-state index contributed by atoms with van der Waals surface area (Å²) in [5, 5.41) is 12.1. The molecule has 0 atom stereocenters. The van der Waals surface area contributed by atoms with Gasteiger partial charge in [-0.25, -0.2) is 0 Å². The van der Waals surface area contributed by atoms with Gasteiger partial charge in [0.15, 0.2) is 0 Å². The number of amides is 1. The molecule has 1 N–H and O–H groups in total. The second kappa shape index (κ2) is 7.71. The number of nitrogens with one attached hydrogen (secondary N) is 1. The van der Waals surface area contributed by atoms with E-state index in [9.17, 15) is 10.1 Å². The lowest BCUT2D eigenvalue weighted by molar-refractivity contribution is -0.112. The Kier molecular flexibility index (Phi) is 5.20. The number of ether oxygens (including phenoxy) is 1. The molecule has 0 spiro atoms. The molecule has 5 heteroatoms. The molecule has 25 heavy (non-hydrogen) atoms. The van der Waals surface area contributed by atoms with Crippen LogP contribution in [0.1, 0.15) is 37.3 Å². The topological polar surface area (TPSA) is 67.0 Å². The molecule has 1 aromatic heterocycles. The summed E-state index contributed by atoms with van der Waals surface area (Å²) in [4.78, 5) is 12.3. The van der Waals surface area contributed by atoms with E-state index in [0.29, 0.717) is 17.5 Å². The van der Waals surface area contributed by atoms with Gasteiger partial charge in [0.1, 0.15) is 17.4 Å². The number of benzene rings is 1. The van der Waals surface area contributed by atoms with Gasteiger partial charge in [-0.05, 0) is 54.8 Å². The minimum absolute atomic E-state index is 0.0833. The Morgan fingerprint density at radius 1 is 1.28 bits per heavy atom. The third-order valence-electron chi connectivity index (χ3n) is 4.51. The van der Waals surface area contributed by atoms with Crippen molar-refractivity contribution in [2.24, 2.45) is 0 Å². The second-order valence-electron chi connectivity index (χ2n) is 6.18. The van der Waals surface area contributed by atoms with E-state index in [1.54, 1.807) is 37.5 Å². The van der Waals surface area contributed by atoms with Gasteiger partial charge in [-0.2, -0.15) is 5.26 Å². The average molecular weight is 335 g/mol. The maximum Gasteiger partial charge on any atom is 0.266 e. The van der Waals surface area contributed by atoms with Gasteiger partial charge in [0.2, 0.25) is 0 Å². The fraction of sp³-hybridized carbons (Fsp3) is 0.300. The van der Waals surface area contributed by atoms with E-state index in [-0.39, 0.29) is 5.57 Å². The zero-order chi connectivity index (χ0) is 17.6. The van der Waals surface area contributed by atoms with Crippen molar-refractivity contribution in [2.75, 3.05) is 12.4 Å². The predicted molar refractivity (Wildman–Crippen MR) is 97.2 cm³/mol. The number of methoxy groups -OCH3 is 1. The highest BCUT2D eigenvalue weighted by Crippen LogP contribution is 2.30. The highest BCUT2D eigenvalue weighted by molar-refractivity contribution is 6.09. The normalized spacial score (nSPS) is 15.0. The summed E-state index contributed by atoms with van der Waals surface area (Å²) in [5.41, 5.74) is 1.57. The van der Waals surface area contributed by atoms with Crippen LogP contribution in [0.5, 0.6) is 5.75 Å². The minimum Gasteiger partial charge on any atom is -0.497 e. The molecule has 1 saturated carbocycles. The van der Waals surface area contributed by atoms with E-state index in [2.05, 4.69) is 9.88 Å². The Morgan fingerprint density at radius 3 is 2.64 bits per heavy atom. The molecular weight excluding hydrogens is 314 g/mol. The molecule has 2 aromatic rings. The lowest BCUT2D eigenvalue weighted by atomic mass is 10.2. The van der Waals surface area contributed by atoms with Crippen molar-refractivity contribution in [3.8, 4) is 11.8 Å². The van der Waals surface area contributed by atoms with Crippen LogP contribution >= 0.6 is 0 Å². The molecule has 0 aliphatic heterocycles. The SMILES string of the molecule is COc1ccc(NC(=O)/C(C#N)=C/c2ccn(C3CCCC3)c2)cc1. The van der Waals surface area contributed by atoms with Crippen LogP contribution in [-0.4, -0.2) is 17.6 Å². The summed E-state index contributed by atoms with van der Waals surface area (Å²) < 4.78 is 7.28. The molecule has 0 unspecified atom stereocenters. The van der Waals surface area contributed by atoms with Gasteiger partial charge >= 0.3 is 0 Å². The molecule has 0 saturated heterocycles. The van der Waals surface area contributed by atoms with Gasteiger partial charge < -0.3 is 14.6 Å². The maximum atomic E-state index is 12.3. The molecule has 5 nitrogen and oxygen atoms in total. The largest absolute Gasteiger partial charge is 0.497 e. The van der Waals surface area contributed by atoms with Crippen molar-refractivity contribution in [1.82, 2.24) is 4.57 Å². The van der Waals surface area contributed by atoms with E-state index < -0.39 is 5.91 Å². The van der Waals surface area contributed by atoms with Crippen molar-refractivity contribution in [1.29, 1.82) is 5.26 Å². The van der Waals surface area contributed by atoms with Gasteiger partial charge in [0, 0.05) is 24.1 Å². The minimum atomic E-state index is -0.415. The van der Waals surface area contributed by atoms with Crippen molar-refractivity contribution in [2.45, 2.75) is 31.7 Å². The van der Waals surface area contributed by atoms with Gasteiger partial charge in [0.25, 0.3) is 5.91 Å². The van der Waals surface area contributed by atoms with Gasteiger partial charge in [-0.1, -0.05) is 12.8 Å². The van der Waals surface area contributed by atoms with Gasteiger partial charge in [0.05, 0.1) is 7.11 Å². The highest BCUT2D eigenvalue weighted by Gasteiger charge is 2.16. The second-order valence-corrected chi connectivity index (χ2v) is 6.18. The maximum absolute atomic E-state index is 12.3. The van der Waals surface area contributed by atoms with Crippen LogP contribution in [0, 0.1) is 11.3 Å². The molecule has 1 aromatic carbocycles. The molecule has 0 bridgehead atoms. The monoisotopic (exact) mass is 335 g/mol.